The van der Waals surface area contributed by atoms with Gasteiger partial charge in [0.25, 0.3) is 15.6 Å². The number of anilines is 1. The zero-order valence-electron chi connectivity index (χ0n) is 17.3. The summed E-state index contributed by atoms with van der Waals surface area (Å²) in [7, 11) is -2.30. The number of sulfonamides is 1. The van der Waals surface area contributed by atoms with Crippen LogP contribution in [0.2, 0.25) is 5.02 Å². The largest absolute Gasteiger partial charge is 0.456 e. The van der Waals surface area contributed by atoms with Gasteiger partial charge in [-0.25, -0.2) is 13.1 Å². The van der Waals surface area contributed by atoms with Crippen LogP contribution in [0, 0.1) is 6.92 Å². The van der Waals surface area contributed by atoms with Crippen molar-refractivity contribution < 1.29 is 13.2 Å². The fourth-order valence-electron chi connectivity index (χ4n) is 3.22. The minimum atomic E-state index is -4.00. The van der Waals surface area contributed by atoms with Gasteiger partial charge in [-0.3, -0.25) is 14.2 Å². The molecule has 0 aliphatic carbocycles. The topological polar surface area (TPSA) is 82.3 Å². The van der Waals surface area contributed by atoms with Crippen molar-refractivity contribution in [2.45, 2.75) is 11.8 Å². The molecule has 0 saturated carbocycles. The molecule has 1 heterocycles. The molecule has 3 aromatic carbocycles. The van der Waals surface area contributed by atoms with Crippen molar-refractivity contribution in [1.29, 1.82) is 0 Å². The molecule has 0 radical (unpaired) electrons. The van der Waals surface area contributed by atoms with E-state index in [0.717, 1.165) is 0 Å². The molecule has 0 aliphatic rings. The Labute approximate surface area is 190 Å². The average molecular weight is 470 g/mol. The van der Waals surface area contributed by atoms with Crippen LogP contribution in [-0.4, -0.2) is 17.8 Å². The van der Waals surface area contributed by atoms with Crippen LogP contribution < -0.4 is 15.0 Å². The highest BCUT2D eigenvalue weighted by Gasteiger charge is 2.22. The number of ether oxygens (including phenoxy) is 1. The van der Waals surface area contributed by atoms with Crippen molar-refractivity contribution in [2.24, 2.45) is 7.05 Å². The lowest BCUT2D eigenvalue weighted by Gasteiger charge is -2.09. The summed E-state index contributed by atoms with van der Waals surface area (Å²) in [5.74, 6) is 0.892. The first-order chi connectivity index (χ1) is 15.3. The van der Waals surface area contributed by atoms with Gasteiger partial charge in [0.1, 0.15) is 17.2 Å². The van der Waals surface area contributed by atoms with Crippen molar-refractivity contribution in [3.8, 4) is 17.2 Å². The highest BCUT2D eigenvalue weighted by Crippen LogP contribution is 2.29. The molecule has 0 bridgehead atoms. The van der Waals surface area contributed by atoms with Crippen molar-refractivity contribution in [3.63, 3.8) is 0 Å². The molecule has 164 valence electrons. The Hall–Kier alpha value is -3.49. The molecule has 0 spiro atoms. The predicted octanol–water partition coefficient (Wildman–Crippen LogP) is 4.73. The van der Waals surface area contributed by atoms with E-state index in [1.165, 1.54) is 28.9 Å². The molecule has 1 N–H and O–H groups in total. The van der Waals surface area contributed by atoms with E-state index < -0.39 is 15.6 Å². The van der Waals surface area contributed by atoms with E-state index in [0.29, 0.717) is 27.9 Å². The number of benzene rings is 3. The number of hydrogen-bond acceptors (Lipinski definition) is 4. The van der Waals surface area contributed by atoms with Gasteiger partial charge in [-0.1, -0.05) is 41.9 Å². The summed E-state index contributed by atoms with van der Waals surface area (Å²) < 4.78 is 37.1. The molecule has 7 nitrogen and oxygen atoms in total. The van der Waals surface area contributed by atoms with Gasteiger partial charge in [0.2, 0.25) is 0 Å². The Kier molecular flexibility index (Phi) is 5.82. The van der Waals surface area contributed by atoms with Crippen LogP contribution in [0.4, 0.5) is 5.69 Å². The molecule has 4 rings (SSSR count). The molecule has 9 heteroatoms. The number of halogens is 1. The van der Waals surface area contributed by atoms with Gasteiger partial charge >= 0.3 is 0 Å². The summed E-state index contributed by atoms with van der Waals surface area (Å²) in [4.78, 5) is 13.0. The predicted molar refractivity (Wildman–Crippen MR) is 125 cm³/mol. The molecule has 4 aromatic rings. The van der Waals surface area contributed by atoms with Crippen molar-refractivity contribution in [2.75, 3.05) is 4.72 Å². The Morgan fingerprint density at radius 1 is 0.906 bits per heavy atom. The third kappa shape index (κ3) is 4.15. The van der Waals surface area contributed by atoms with Crippen LogP contribution in [0.1, 0.15) is 5.69 Å². The van der Waals surface area contributed by atoms with Crippen molar-refractivity contribution in [3.05, 3.63) is 99.9 Å². The summed E-state index contributed by atoms with van der Waals surface area (Å²) in [6.07, 6.45) is 0. The van der Waals surface area contributed by atoms with Crippen LogP contribution in [0.5, 0.6) is 11.5 Å². The Bertz CT molecular complexity index is 1430. The van der Waals surface area contributed by atoms with Gasteiger partial charge < -0.3 is 4.74 Å². The quantitative estimate of drug-likeness (QED) is 0.442. The van der Waals surface area contributed by atoms with E-state index in [-0.39, 0.29) is 10.6 Å². The maximum atomic E-state index is 13.0. The van der Waals surface area contributed by atoms with Gasteiger partial charge in [-0.2, -0.15) is 0 Å². The zero-order valence-corrected chi connectivity index (χ0v) is 18.9. The molecular weight excluding hydrogens is 450 g/mol. The van der Waals surface area contributed by atoms with Gasteiger partial charge in [-0.05, 0) is 55.5 Å². The maximum Gasteiger partial charge on any atom is 0.296 e. The fraction of sp³-hybridized carbons (Fsp3) is 0.0870. The van der Waals surface area contributed by atoms with Crippen LogP contribution in [0.3, 0.4) is 0 Å². The zero-order chi connectivity index (χ0) is 22.9. The van der Waals surface area contributed by atoms with E-state index in [1.54, 1.807) is 67.2 Å². The monoisotopic (exact) mass is 469 g/mol. The first-order valence-corrected chi connectivity index (χ1v) is 11.5. The molecule has 0 aliphatic heterocycles. The number of para-hydroxylation sites is 2. The summed E-state index contributed by atoms with van der Waals surface area (Å²) in [5.41, 5.74) is 0.655. The molecule has 0 atom stereocenters. The molecule has 0 unspecified atom stereocenters. The number of nitrogens with zero attached hydrogens (tertiary/aromatic N) is 2. The van der Waals surface area contributed by atoms with E-state index in [4.69, 9.17) is 16.3 Å². The molecule has 0 fully saturated rings. The standard InChI is InChI=1S/C23H20ClN3O4S/c1-16-22(23(28)27(26(16)2)17-8-4-3-5-9-17)25-32(29,30)19-14-12-18(13-15-19)31-21-11-7-6-10-20(21)24/h3-15,25H,1-2H3. The van der Waals surface area contributed by atoms with Crippen molar-refractivity contribution >= 4 is 27.3 Å². The summed E-state index contributed by atoms with van der Waals surface area (Å²) in [6.45, 7) is 1.68. The normalized spacial score (nSPS) is 11.3. The van der Waals surface area contributed by atoms with E-state index in [2.05, 4.69) is 4.72 Å². The third-order valence-electron chi connectivity index (χ3n) is 4.99. The molecule has 0 amide bonds. The number of nitrogens with one attached hydrogen (secondary N) is 1. The number of hydrogen-bond donors (Lipinski definition) is 1. The minimum Gasteiger partial charge on any atom is -0.456 e. The molecule has 32 heavy (non-hydrogen) atoms. The fourth-order valence-corrected chi connectivity index (χ4v) is 4.51. The summed E-state index contributed by atoms with van der Waals surface area (Å²) in [6, 6.07) is 21.8. The van der Waals surface area contributed by atoms with Gasteiger partial charge in [0.15, 0.2) is 0 Å². The van der Waals surface area contributed by atoms with Crippen molar-refractivity contribution in [1.82, 2.24) is 9.36 Å². The second kappa shape index (κ2) is 8.57. The first-order valence-electron chi connectivity index (χ1n) is 9.67. The molecule has 0 saturated heterocycles. The number of aromatic nitrogens is 2. The second-order valence-electron chi connectivity index (χ2n) is 7.05. The molecular formula is C23H20ClN3O4S. The van der Waals surface area contributed by atoms with Crippen LogP contribution in [-0.2, 0) is 17.1 Å². The van der Waals surface area contributed by atoms with Gasteiger partial charge in [0.05, 0.1) is 21.3 Å². The maximum absolute atomic E-state index is 13.0. The smallest absolute Gasteiger partial charge is 0.296 e. The highest BCUT2D eigenvalue weighted by atomic mass is 35.5. The molecule has 1 aromatic heterocycles. The van der Waals surface area contributed by atoms with Crippen LogP contribution >= 0.6 is 11.6 Å². The van der Waals surface area contributed by atoms with Crippen LogP contribution in [0.25, 0.3) is 5.69 Å². The van der Waals surface area contributed by atoms with Crippen LogP contribution in [0.15, 0.2) is 88.6 Å². The Morgan fingerprint density at radius 2 is 1.53 bits per heavy atom. The minimum absolute atomic E-state index is 0.00192. The number of rotatable bonds is 6. The third-order valence-corrected chi connectivity index (χ3v) is 6.67. The lowest BCUT2D eigenvalue weighted by atomic mass is 10.3. The van der Waals surface area contributed by atoms with E-state index >= 15 is 0 Å². The Morgan fingerprint density at radius 3 is 2.19 bits per heavy atom. The van der Waals surface area contributed by atoms with Gasteiger partial charge in [0, 0.05) is 7.05 Å². The SMILES string of the molecule is Cc1c(NS(=O)(=O)c2ccc(Oc3ccccc3Cl)cc2)c(=O)n(-c2ccccc2)n1C. The van der Waals surface area contributed by atoms with Gasteiger partial charge in [-0.15, -0.1) is 0 Å². The lowest BCUT2D eigenvalue weighted by molar-refractivity contribution is 0.482. The Balaban J connectivity index is 1.61. The first kappa shape index (κ1) is 21.7. The van der Waals surface area contributed by atoms with E-state index in [9.17, 15) is 13.2 Å². The summed E-state index contributed by atoms with van der Waals surface area (Å²) in [5, 5.41) is 0.445. The second-order valence-corrected chi connectivity index (χ2v) is 9.14. The lowest BCUT2D eigenvalue weighted by Crippen LogP contribution is -2.23. The highest BCUT2D eigenvalue weighted by molar-refractivity contribution is 7.92. The summed E-state index contributed by atoms with van der Waals surface area (Å²) >= 11 is 6.09. The average Bonchev–Trinajstić information content (AvgIpc) is 2.99. The van der Waals surface area contributed by atoms with E-state index in [1.807, 2.05) is 6.07 Å².